The second kappa shape index (κ2) is 25.0. The van der Waals surface area contributed by atoms with Crippen molar-refractivity contribution >= 4 is 0 Å². The molecule has 1 aliphatic heterocycles. The van der Waals surface area contributed by atoms with Crippen molar-refractivity contribution in [1.29, 1.82) is 0 Å². The van der Waals surface area contributed by atoms with E-state index in [0.29, 0.717) is 6.17 Å². The van der Waals surface area contributed by atoms with Crippen molar-refractivity contribution in [3.8, 4) is 0 Å². The maximum atomic E-state index is 2.62. The van der Waals surface area contributed by atoms with Crippen molar-refractivity contribution in [2.75, 3.05) is 13.1 Å². The maximum Gasteiger partial charge on any atom is 0.100 e. The van der Waals surface area contributed by atoms with E-state index in [-0.39, 0.29) is 0 Å². The molecule has 0 aromatic heterocycles. The molecule has 0 saturated heterocycles. The second-order valence-corrected chi connectivity index (χ2v) is 11.4. The lowest BCUT2D eigenvalue weighted by molar-refractivity contribution is 0.144. The fourth-order valence-corrected chi connectivity index (χ4v) is 5.75. The van der Waals surface area contributed by atoms with Crippen LogP contribution in [0.5, 0.6) is 0 Å². The highest BCUT2D eigenvalue weighted by atomic mass is 15.4. The number of unbranched alkanes of at least 4 members (excludes halogenated alkanes) is 22. The predicted molar refractivity (Wildman–Crippen MR) is 159 cm³/mol. The number of hydrogen-bond donors (Lipinski definition) is 0. The first-order valence-corrected chi connectivity index (χ1v) is 16.5. The zero-order chi connectivity index (χ0) is 25.2. The predicted octanol–water partition coefficient (Wildman–Crippen LogP) is 11.2. The molecule has 0 aliphatic carbocycles. The van der Waals surface area contributed by atoms with E-state index in [2.05, 4.69) is 43.0 Å². The van der Waals surface area contributed by atoms with Crippen LogP contribution in [-0.2, 0) is 0 Å². The van der Waals surface area contributed by atoms with Gasteiger partial charge in [-0.2, -0.15) is 0 Å². The van der Waals surface area contributed by atoms with E-state index in [1.807, 2.05) is 0 Å². The SMILES string of the molecule is CCCCCCCCCCCCCCCCCCN1C=CN(CCCCCCCCCC)C1CC. The quantitative estimate of drug-likeness (QED) is 0.106. The summed E-state index contributed by atoms with van der Waals surface area (Å²) in [5.41, 5.74) is 0. The van der Waals surface area contributed by atoms with Gasteiger partial charge in [0.25, 0.3) is 0 Å². The Hall–Kier alpha value is -0.660. The molecule has 0 amide bonds. The Bertz CT molecular complexity index is 446. The molecule has 0 spiro atoms. The summed E-state index contributed by atoms with van der Waals surface area (Å²) >= 11 is 0. The van der Waals surface area contributed by atoms with Crippen LogP contribution in [0.2, 0.25) is 0 Å². The third kappa shape index (κ3) is 18.3. The smallest absolute Gasteiger partial charge is 0.100 e. The molecule has 1 heterocycles. The highest BCUT2D eigenvalue weighted by Crippen LogP contribution is 2.21. The Morgan fingerprint density at radius 1 is 0.371 bits per heavy atom. The summed E-state index contributed by atoms with van der Waals surface area (Å²) in [7, 11) is 0. The van der Waals surface area contributed by atoms with E-state index in [0.717, 1.165) is 0 Å². The lowest BCUT2D eigenvalue weighted by atomic mass is 10.0. The largest absolute Gasteiger partial charge is 0.356 e. The van der Waals surface area contributed by atoms with Gasteiger partial charge in [0.15, 0.2) is 0 Å². The summed E-state index contributed by atoms with van der Waals surface area (Å²) in [6.45, 7) is 9.47. The molecule has 1 aliphatic rings. The van der Waals surface area contributed by atoms with Gasteiger partial charge in [0, 0.05) is 25.5 Å². The van der Waals surface area contributed by atoms with E-state index >= 15 is 0 Å². The van der Waals surface area contributed by atoms with Crippen molar-refractivity contribution in [2.24, 2.45) is 0 Å². The minimum absolute atomic E-state index is 0.621. The van der Waals surface area contributed by atoms with E-state index in [1.165, 1.54) is 174 Å². The van der Waals surface area contributed by atoms with Gasteiger partial charge >= 0.3 is 0 Å². The Balaban J connectivity index is 1.89. The van der Waals surface area contributed by atoms with Crippen molar-refractivity contribution in [3.05, 3.63) is 12.4 Å². The first kappa shape index (κ1) is 32.4. The number of hydrogen-bond acceptors (Lipinski definition) is 2. The lowest BCUT2D eigenvalue weighted by Crippen LogP contribution is -2.38. The van der Waals surface area contributed by atoms with Gasteiger partial charge in [0.1, 0.15) is 6.17 Å². The summed E-state index contributed by atoms with van der Waals surface area (Å²) in [5.74, 6) is 0. The van der Waals surface area contributed by atoms with Gasteiger partial charge in [-0.05, 0) is 19.3 Å². The van der Waals surface area contributed by atoms with E-state index in [1.54, 1.807) is 0 Å². The van der Waals surface area contributed by atoms with Crippen LogP contribution < -0.4 is 0 Å². The molecule has 0 N–H and O–H groups in total. The summed E-state index contributed by atoms with van der Waals surface area (Å²) in [5, 5.41) is 0. The molecule has 0 fully saturated rings. The van der Waals surface area contributed by atoms with E-state index in [4.69, 9.17) is 0 Å². The van der Waals surface area contributed by atoms with Crippen molar-refractivity contribution in [3.63, 3.8) is 0 Å². The van der Waals surface area contributed by atoms with Crippen LogP contribution in [0.3, 0.4) is 0 Å². The van der Waals surface area contributed by atoms with Crippen LogP contribution in [-0.4, -0.2) is 29.1 Å². The molecular weight excluding hydrogens is 424 g/mol. The van der Waals surface area contributed by atoms with Crippen LogP contribution in [0.1, 0.15) is 181 Å². The van der Waals surface area contributed by atoms with Gasteiger partial charge in [-0.3, -0.25) is 0 Å². The van der Waals surface area contributed by atoms with Gasteiger partial charge in [-0.25, -0.2) is 0 Å². The maximum absolute atomic E-state index is 2.62. The summed E-state index contributed by atoms with van der Waals surface area (Å²) in [6, 6.07) is 0. The van der Waals surface area contributed by atoms with Crippen LogP contribution in [0.25, 0.3) is 0 Å². The van der Waals surface area contributed by atoms with E-state index in [9.17, 15) is 0 Å². The minimum Gasteiger partial charge on any atom is -0.356 e. The van der Waals surface area contributed by atoms with Gasteiger partial charge in [-0.15, -0.1) is 0 Å². The van der Waals surface area contributed by atoms with Gasteiger partial charge < -0.3 is 9.80 Å². The molecule has 1 unspecified atom stereocenters. The number of rotatable bonds is 27. The van der Waals surface area contributed by atoms with Gasteiger partial charge in [0.05, 0.1) is 0 Å². The van der Waals surface area contributed by atoms with Crippen LogP contribution >= 0.6 is 0 Å². The normalized spacial score (nSPS) is 15.6. The summed E-state index contributed by atoms with van der Waals surface area (Å²) in [6.07, 6.45) is 41.1. The van der Waals surface area contributed by atoms with Gasteiger partial charge in [0.2, 0.25) is 0 Å². The monoisotopic (exact) mass is 491 g/mol. The Morgan fingerprint density at radius 2 is 0.629 bits per heavy atom. The highest BCUT2D eigenvalue weighted by molar-refractivity contribution is 4.96. The van der Waals surface area contributed by atoms with E-state index < -0.39 is 0 Å². The molecule has 208 valence electrons. The van der Waals surface area contributed by atoms with Crippen LogP contribution in [0.4, 0.5) is 0 Å². The third-order valence-corrected chi connectivity index (χ3v) is 8.12. The first-order valence-electron chi connectivity index (χ1n) is 16.5. The molecule has 35 heavy (non-hydrogen) atoms. The Morgan fingerprint density at radius 3 is 0.886 bits per heavy atom. The first-order chi connectivity index (χ1) is 17.3. The summed E-state index contributed by atoms with van der Waals surface area (Å²) < 4.78 is 0. The molecule has 0 saturated carbocycles. The molecule has 0 radical (unpaired) electrons. The average molecular weight is 491 g/mol. The lowest BCUT2D eigenvalue weighted by Gasteiger charge is -2.32. The second-order valence-electron chi connectivity index (χ2n) is 11.4. The summed E-state index contributed by atoms with van der Waals surface area (Å²) in [4.78, 5) is 5.23. The zero-order valence-corrected chi connectivity index (χ0v) is 24.7. The van der Waals surface area contributed by atoms with Crippen molar-refractivity contribution in [1.82, 2.24) is 9.80 Å². The molecule has 0 aromatic carbocycles. The molecule has 2 heteroatoms. The fraction of sp³-hybridized carbons (Fsp3) is 0.939. The van der Waals surface area contributed by atoms with Crippen molar-refractivity contribution in [2.45, 2.75) is 187 Å². The molecule has 2 nitrogen and oxygen atoms in total. The molecule has 0 aromatic rings. The minimum atomic E-state index is 0.621. The average Bonchev–Trinajstić information content (AvgIpc) is 3.26. The van der Waals surface area contributed by atoms with Gasteiger partial charge in [-0.1, -0.05) is 162 Å². The third-order valence-electron chi connectivity index (χ3n) is 8.12. The zero-order valence-electron chi connectivity index (χ0n) is 24.7. The highest BCUT2D eigenvalue weighted by Gasteiger charge is 2.23. The number of nitrogens with zero attached hydrogens (tertiary/aromatic N) is 2. The molecule has 0 bridgehead atoms. The standard InChI is InChI=1S/C33H66N2/c1-4-7-9-11-13-15-16-17-18-19-20-21-22-24-26-28-30-35-32-31-34(33(35)6-3)29-27-25-23-14-12-10-8-5-2/h31-33H,4-30H2,1-3H3. The Labute approximate surface area is 222 Å². The fourth-order valence-electron chi connectivity index (χ4n) is 5.75. The molecular formula is C33H66N2. The van der Waals surface area contributed by atoms with Crippen molar-refractivity contribution < 1.29 is 0 Å². The topological polar surface area (TPSA) is 6.48 Å². The van der Waals surface area contributed by atoms with Crippen LogP contribution in [0.15, 0.2) is 12.4 Å². The van der Waals surface area contributed by atoms with Crippen LogP contribution in [0, 0.1) is 0 Å². The molecule has 1 atom stereocenters. The molecule has 1 rings (SSSR count). The Kier molecular flexibility index (Phi) is 23.1.